The van der Waals surface area contributed by atoms with Crippen molar-refractivity contribution in [2.45, 2.75) is 13.3 Å². The zero-order chi connectivity index (χ0) is 11.8. The Morgan fingerprint density at radius 2 is 2.25 bits per heavy atom. The highest BCUT2D eigenvalue weighted by Gasteiger charge is 2.10. The fraction of sp³-hybridized carbons (Fsp3) is 0.727. The van der Waals surface area contributed by atoms with Crippen LogP contribution in [0.15, 0.2) is 17.0 Å². The monoisotopic (exact) mass is 226 g/mol. The van der Waals surface area contributed by atoms with Gasteiger partial charge >= 0.3 is 0 Å². The number of morpholine rings is 1. The molecule has 1 rings (SSSR count). The van der Waals surface area contributed by atoms with Gasteiger partial charge in [-0.15, -0.1) is 0 Å². The first-order chi connectivity index (χ1) is 7.76. The van der Waals surface area contributed by atoms with Crippen LogP contribution in [0.25, 0.3) is 0 Å². The van der Waals surface area contributed by atoms with Gasteiger partial charge in [0.2, 0.25) is 0 Å². The number of hydrogen-bond acceptors (Lipinski definition) is 5. The van der Waals surface area contributed by atoms with Crippen LogP contribution in [0.3, 0.4) is 0 Å². The second kappa shape index (κ2) is 7.24. The molecule has 5 nitrogen and oxygen atoms in total. The number of allylic oxidation sites excluding steroid dienone is 1. The topological polar surface area (TPSA) is 54.1 Å². The van der Waals surface area contributed by atoms with Crippen molar-refractivity contribution in [1.29, 1.82) is 0 Å². The molecule has 1 heterocycles. The van der Waals surface area contributed by atoms with E-state index in [0.29, 0.717) is 0 Å². The number of nitrogens with two attached hydrogens (primary N) is 1. The summed E-state index contributed by atoms with van der Waals surface area (Å²) in [6, 6.07) is 0. The van der Waals surface area contributed by atoms with Gasteiger partial charge < -0.3 is 10.5 Å². The molecule has 92 valence electrons. The fourth-order valence-electron chi connectivity index (χ4n) is 1.53. The lowest BCUT2D eigenvalue weighted by atomic mass is 10.3. The van der Waals surface area contributed by atoms with Gasteiger partial charge in [0.15, 0.2) is 0 Å². The summed E-state index contributed by atoms with van der Waals surface area (Å²) in [7, 11) is 0. The first-order valence-electron chi connectivity index (χ1n) is 5.75. The summed E-state index contributed by atoms with van der Waals surface area (Å²) in [5.41, 5.74) is 6.58. The molecule has 1 aliphatic rings. The second-order valence-corrected chi connectivity index (χ2v) is 3.82. The van der Waals surface area contributed by atoms with E-state index in [2.05, 4.69) is 16.7 Å². The summed E-state index contributed by atoms with van der Waals surface area (Å²) in [5, 5.41) is 5.73. The summed E-state index contributed by atoms with van der Waals surface area (Å²) in [6.07, 6.45) is 2.69. The maximum Gasteiger partial charge on any atom is 0.0594 e. The molecule has 2 N–H and O–H groups in total. The molecule has 0 aromatic carbocycles. The summed E-state index contributed by atoms with van der Waals surface area (Å²) in [5.74, 6) is 0. The molecule has 0 aromatic heterocycles. The molecule has 1 saturated heterocycles. The van der Waals surface area contributed by atoms with E-state index in [1.54, 1.807) is 5.01 Å². The van der Waals surface area contributed by atoms with E-state index >= 15 is 0 Å². The van der Waals surface area contributed by atoms with Crippen molar-refractivity contribution in [2.24, 2.45) is 10.8 Å². The molecule has 5 heteroatoms. The van der Waals surface area contributed by atoms with Gasteiger partial charge in [-0.05, 0) is 6.42 Å². The number of nitrogens with zero attached hydrogens (tertiary/aromatic N) is 3. The highest BCUT2D eigenvalue weighted by atomic mass is 16.5. The van der Waals surface area contributed by atoms with Gasteiger partial charge in [0.1, 0.15) is 0 Å². The van der Waals surface area contributed by atoms with E-state index in [-0.39, 0.29) is 0 Å². The maximum absolute atomic E-state index is 5.76. The minimum Gasteiger partial charge on any atom is -0.401 e. The van der Waals surface area contributed by atoms with Crippen LogP contribution in [0, 0.1) is 0 Å². The Morgan fingerprint density at radius 1 is 1.56 bits per heavy atom. The average molecular weight is 226 g/mol. The predicted molar refractivity (Wildman–Crippen MR) is 66.1 cm³/mol. The van der Waals surface area contributed by atoms with E-state index in [1.165, 1.54) is 0 Å². The Hall–Kier alpha value is -1.07. The van der Waals surface area contributed by atoms with Gasteiger partial charge in [-0.3, -0.25) is 9.91 Å². The van der Waals surface area contributed by atoms with Crippen LogP contribution in [0.1, 0.15) is 13.3 Å². The molecule has 0 saturated carbocycles. The highest BCUT2D eigenvalue weighted by Crippen LogP contribution is 2.00. The van der Waals surface area contributed by atoms with Crippen molar-refractivity contribution in [3.63, 3.8) is 0 Å². The van der Waals surface area contributed by atoms with Crippen molar-refractivity contribution in [3.05, 3.63) is 11.9 Å². The third-order valence-corrected chi connectivity index (χ3v) is 2.65. The summed E-state index contributed by atoms with van der Waals surface area (Å²) in [4.78, 5) is 2.36. The van der Waals surface area contributed by atoms with Gasteiger partial charge in [-0.2, -0.15) is 5.10 Å². The molecule has 0 aliphatic carbocycles. The van der Waals surface area contributed by atoms with Crippen molar-refractivity contribution in [1.82, 2.24) is 9.91 Å². The van der Waals surface area contributed by atoms with Crippen molar-refractivity contribution < 1.29 is 4.74 Å². The molecule has 0 amide bonds. The molecule has 1 aliphatic heterocycles. The number of rotatable bonds is 6. The molecule has 0 radical (unpaired) electrons. The van der Waals surface area contributed by atoms with Crippen molar-refractivity contribution in [3.8, 4) is 0 Å². The third-order valence-electron chi connectivity index (χ3n) is 2.65. The normalized spacial score (nSPS) is 18.4. The molecule has 0 bridgehead atoms. The lowest BCUT2D eigenvalue weighted by Crippen LogP contribution is -2.39. The first-order valence-corrected chi connectivity index (χ1v) is 5.75. The van der Waals surface area contributed by atoms with Crippen LogP contribution >= 0.6 is 0 Å². The van der Waals surface area contributed by atoms with Crippen LogP contribution in [0.2, 0.25) is 0 Å². The van der Waals surface area contributed by atoms with E-state index < -0.39 is 0 Å². The molecule has 0 aromatic rings. The van der Waals surface area contributed by atoms with Crippen LogP contribution in [0.5, 0.6) is 0 Å². The Morgan fingerprint density at radius 3 is 2.81 bits per heavy atom. The fourth-order valence-corrected chi connectivity index (χ4v) is 1.53. The zero-order valence-corrected chi connectivity index (χ0v) is 10.1. The maximum atomic E-state index is 5.76. The third kappa shape index (κ3) is 4.63. The predicted octanol–water partition coefficient (Wildman–Crippen LogP) is 0.446. The van der Waals surface area contributed by atoms with Gasteiger partial charge in [-0.1, -0.05) is 6.92 Å². The average Bonchev–Trinajstić information content (AvgIpc) is 2.35. The van der Waals surface area contributed by atoms with Crippen molar-refractivity contribution >= 4 is 6.72 Å². The van der Waals surface area contributed by atoms with Crippen LogP contribution in [-0.4, -0.2) is 56.0 Å². The van der Waals surface area contributed by atoms with Crippen LogP contribution in [-0.2, 0) is 4.74 Å². The summed E-state index contributed by atoms with van der Waals surface area (Å²) >= 11 is 0. The SMILES string of the molecule is C=NN(/C=C(\N)CC)CCN1CCOCC1. The van der Waals surface area contributed by atoms with E-state index in [1.807, 2.05) is 13.1 Å². The lowest BCUT2D eigenvalue weighted by Gasteiger charge is -2.28. The molecular weight excluding hydrogens is 204 g/mol. The van der Waals surface area contributed by atoms with E-state index in [9.17, 15) is 0 Å². The molecule has 0 unspecified atom stereocenters. The number of hydrogen-bond donors (Lipinski definition) is 1. The minimum absolute atomic E-state index is 0.824. The smallest absolute Gasteiger partial charge is 0.0594 e. The molecule has 16 heavy (non-hydrogen) atoms. The number of hydrazone groups is 1. The van der Waals surface area contributed by atoms with Crippen LogP contribution < -0.4 is 5.73 Å². The summed E-state index contributed by atoms with van der Waals surface area (Å²) in [6.45, 7) is 11.0. The van der Waals surface area contributed by atoms with E-state index in [0.717, 1.165) is 51.5 Å². The second-order valence-electron chi connectivity index (χ2n) is 3.82. The summed E-state index contributed by atoms with van der Waals surface area (Å²) < 4.78 is 5.29. The zero-order valence-electron chi connectivity index (χ0n) is 10.1. The Kier molecular flexibility index (Phi) is 5.88. The van der Waals surface area contributed by atoms with Crippen molar-refractivity contribution in [2.75, 3.05) is 39.4 Å². The first kappa shape index (κ1) is 13.0. The van der Waals surface area contributed by atoms with Gasteiger partial charge in [-0.25, -0.2) is 0 Å². The molecule has 0 spiro atoms. The Bertz CT molecular complexity index is 236. The van der Waals surface area contributed by atoms with Gasteiger partial charge in [0.05, 0.1) is 19.8 Å². The highest BCUT2D eigenvalue weighted by molar-refractivity contribution is 5.23. The molecular formula is C11H22N4O. The molecule has 1 fully saturated rings. The Labute approximate surface area is 97.5 Å². The van der Waals surface area contributed by atoms with Gasteiger partial charge in [0.25, 0.3) is 0 Å². The minimum atomic E-state index is 0.824. The standard InChI is InChI=1S/C11H22N4O/c1-3-11(12)10-15(13-2)5-4-14-6-8-16-9-7-14/h10H,2-9,12H2,1H3/b11-10-. The quantitative estimate of drug-likeness (QED) is 0.527. The van der Waals surface area contributed by atoms with E-state index in [4.69, 9.17) is 10.5 Å². The largest absolute Gasteiger partial charge is 0.401 e. The number of ether oxygens (including phenoxy) is 1. The lowest BCUT2D eigenvalue weighted by molar-refractivity contribution is 0.0353. The molecule has 0 atom stereocenters. The van der Waals surface area contributed by atoms with Gasteiger partial charge in [0, 0.05) is 38.2 Å². The Balaban J connectivity index is 2.30. The van der Waals surface area contributed by atoms with Crippen LogP contribution in [0.4, 0.5) is 0 Å².